The van der Waals surface area contributed by atoms with Crippen LogP contribution in [0.4, 0.5) is 0 Å². The predicted octanol–water partition coefficient (Wildman–Crippen LogP) is 0.298. The Morgan fingerprint density at radius 1 is 1.41 bits per heavy atom. The van der Waals surface area contributed by atoms with Crippen molar-refractivity contribution >= 4 is 5.91 Å². The maximum atomic E-state index is 11.4. The average molecular weight is 244 g/mol. The van der Waals surface area contributed by atoms with Gasteiger partial charge in [-0.25, -0.2) is 0 Å². The van der Waals surface area contributed by atoms with E-state index in [0.717, 1.165) is 32.5 Å². The summed E-state index contributed by atoms with van der Waals surface area (Å²) in [6.45, 7) is 7.80. The van der Waals surface area contributed by atoms with Gasteiger partial charge >= 0.3 is 0 Å². The van der Waals surface area contributed by atoms with Crippen molar-refractivity contribution in [1.29, 1.82) is 0 Å². The molecular formula is C12H24N2O3. The van der Waals surface area contributed by atoms with Crippen molar-refractivity contribution < 1.29 is 14.3 Å². The molecule has 0 aromatic rings. The average Bonchev–Trinajstić information content (AvgIpc) is 2.28. The van der Waals surface area contributed by atoms with Crippen LogP contribution in [0.5, 0.6) is 0 Å². The molecule has 2 N–H and O–H groups in total. The molecule has 0 aliphatic carbocycles. The Morgan fingerprint density at radius 2 is 2.18 bits per heavy atom. The number of hydrogen-bond acceptors (Lipinski definition) is 4. The van der Waals surface area contributed by atoms with Crippen molar-refractivity contribution in [2.45, 2.75) is 32.3 Å². The number of ether oxygens (including phenoxy) is 2. The molecule has 1 saturated heterocycles. The van der Waals surface area contributed by atoms with E-state index in [0.29, 0.717) is 13.2 Å². The first-order chi connectivity index (χ1) is 8.16. The van der Waals surface area contributed by atoms with Crippen LogP contribution < -0.4 is 10.6 Å². The van der Waals surface area contributed by atoms with Crippen LogP contribution in [-0.2, 0) is 14.3 Å². The highest BCUT2D eigenvalue weighted by molar-refractivity contribution is 5.77. The number of carbonyl (C=O) groups excluding carboxylic acids is 1. The first-order valence-corrected chi connectivity index (χ1v) is 6.35. The molecular weight excluding hydrogens is 220 g/mol. The molecule has 0 bridgehead atoms. The normalized spacial score (nSPS) is 17.5. The van der Waals surface area contributed by atoms with Crippen molar-refractivity contribution in [3.05, 3.63) is 0 Å². The van der Waals surface area contributed by atoms with E-state index < -0.39 is 0 Å². The molecule has 100 valence electrons. The molecule has 17 heavy (non-hydrogen) atoms. The number of rotatable bonds is 9. The molecule has 1 amide bonds. The largest absolute Gasteiger partial charge is 0.380 e. The van der Waals surface area contributed by atoms with E-state index in [1.807, 2.05) is 6.92 Å². The zero-order chi connectivity index (χ0) is 12.6. The van der Waals surface area contributed by atoms with Crippen LogP contribution in [0.3, 0.4) is 0 Å². The second-order valence-electron chi connectivity index (χ2n) is 4.66. The summed E-state index contributed by atoms with van der Waals surface area (Å²) in [5.41, 5.74) is -0.158. The smallest absolute Gasteiger partial charge is 0.246 e. The summed E-state index contributed by atoms with van der Waals surface area (Å²) in [4.78, 5) is 11.4. The Kier molecular flexibility index (Phi) is 6.47. The highest BCUT2D eigenvalue weighted by atomic mass is 16.5. The van der Waals surface area contributed by atoms with Gasteiger partial charge in [0.15, 0.2) is 0 Å². The van der Waals surface area contributed by atoms with Crippen LogP contribution in [0.1, 0.15) is 26.7 Å². The lowest BCUT2D eigenvalue weighted by Crippen LogP contribution is -2.59. The Hall–Kier alpha value is -0.650. The Morgan fingerprint density at radius 3 is 2.76 bits per heavy atom. The Bertz CT molecular complexity index is 230. The molecule has 1 heterocycles. The lowest BCUT2D eigenvalue weighted by atomic mass is 10.0. The molecule has 5 nitrogen and oxygen atoms in total. The second-order valence-corrected chi connectivity index (χ2v) is 4.66. The lowest BCUT2D eigenvalue weighted by molar-refractivity contribution is -0.136. The summed E-state index contributed by atoms with van der Waals surface area (Å²) in [6, 6.07) is 0. The summed E-state index contributed by atoms with van der Waals surface area (Å²) in [7, 11) is 0. The van der Waals surface area contributed by atoms with Gasteiger partial charge in [0, 0.05) is 26.2 Å². The van der Waals surface area contributed by atoms with Crippen molar-refractivity contribution in [2.75, 3.05) is 39.5 Å². The minimum absolute atomic E-state index is 0.0720. The Labute approximate surface area is 103 Å². The van der Waals surface area contributed by atoms with Gasteiger partial charge in [0.05, 0.1) is 12.2 Å². The fourth-order valence-corrected chi connectivity index (χ4v) is 1.48. The van der Waals surface area contributed by atoms with Crippen molar-refractivity contribution in [2.24, 2.45) is 0 Å². The molecule has 0 aromatic carbocycles. The van der Waals surface area contributed by atoms with Gasteiger partial charge in [-0.2, -0.15) is 0 Å². The van der Waals surface area contributed by atoms with E-state index >= 15 is 0 Å². The maximum Gasteiger partial charge on any atom is 0.246 e. The van der Waals surface area contributed by atoms with E-state index in [1.54, 1.807) is 0 Å². The molecule has 0 aromatic heterocycles. The molecule has 1 aliphatic rings. The molecule has 0 spiro atoms. The van der Waals surface area contributed by atoms with Gasteiger partial charge in [-0.05, 0) is 13.3 Å². The summed E-state index contributed by atoms with van der Waals surface area (Å²) in [5, 5.41) is 5.89. The summed E-state index contributed by atoms with van der Waals surface area (Å²) in [5.74, 6) is -0.0720. The van der Waals surface area contributed by atoms with Gasteiger partial charge in [0.1, 0.15) is 6.61 Å². The Balaban J connectivity index is 1.90. The predicted molar refractivity (Wildman–Crippen MR) is 66.0 cm³/mol. The minimum atomic E-state index is -0.158. The standard InChI is InChI=1S/C12H24N2O3/c1-3-4-6-16-7-5-14-11(15)8-17-12(2)9-13-10-12/h13H,3-10H2,1-2H3,(H,14,15). The van der Waals surface area contributed by atoms with Crippen LogP contribution >= 0.6 is 0 Å². The fraction of sp³-hybridized carbons (Fsp3) is 0.917. The third-order valence-corrected chi connectivity index (χ3v) is 2.76. The van der Waals surface area contributed by atoms with E-state index in [-0.39, 0.29) is 18.1 Å². The van der Waals surface area contributed by atoms with Gasteiger partial charge in [-0.1, -0.05) is 13.3 Å². The monoisotopic (exact) mass is 244 g/mol. The molecule has 0 unspecified atom stereocenters. The molecule has 5 heteroatoms. The van der Waals surface area contributed by atoms with E-state index in [2.05, 4.69) is 17.6 Å². The first-order valence-electron chi connectivity index (χ1n) is 6.35. The second kappa shape index (κ2) is 7.63. The zero-order valence-corrected chi connectivity index (χ0v) is 10.9. The highest BCUT2D eigenvalue weighted by Gasteiger charge is 2.32. The van der Waals surface area contributed by atoms with Gasteiger partial charge < -0.3 is 20.1 Å². The molecule has 0 saturated carbocycles. The molecule has 1 aliphatic heterocycles. The number of unbranched alkanes of at least 4 members (excludes halogenated alkanes) is 1. The summed E-state index contributed by atoms with van der Waals surface area (Å²) >= 11 is 0. The van der Waals surface area contributed by atoms with E-state index in [4.69, 9.17) is 9.47 Å². The van der Waals surface area contributed by atoms with Gasteiger partial charge in [-0.15, -0.1) is 0 Å². The maximum absolute atomic E-state index is 11.4. The molecule has 1 fully saturated rings. The van der Waals surface area contributed by atoms with Crippen LogP contribution in [0, 0.1) is 0 Å². The third kappa shape index (κ3) is 6.00. The van der Waals surface area contributed by atoms with Crippen molar-refractivity contribution in [1.82, 2.24) is 10.6 Å². The summed E-state index contributed by atoms with van der Waals surface area (Å²) in [6.07, 6.45) is 2.20. The van der Waals surface area contributed by atoms with Gasteiger partial charge in [0.2, 0.25) is 5.91 Å². The number of carbonyl (C=O) groups is 1. The highest BCUT2D eigenvalue weighted by Crippen LogP contribution is 2.14. The topological polar surface area (TPSA) is 59.6 Å². The lowest BCUT2D eigenvalue weighted by Gasteiger charge is -2.38. The van der Waals surface area contributed by atoms with E-state index in [1.165, 1.54) is 0 Å². The van der Waals surface area contributed by atoms with Gasteiger partial charge in [-0.3, -0.25) is 4.79 Å². The molecule has 1 rings (SSSR count). The zero-order valence-electron chi connectivity index (χ0n) is 10.9. The minimum Gasteiger partial charge on any atom is -0.380 e. The van der Waals surface area contributed by atoms with Gasteiger partial charge in [0.25, 0.3) is 0 Å². The molecule has 0 atom stereocenters. The fourth-order valence-electron chi connectivity index (χ4n) is 1.48. The van der Waals surface area contributed by atoms with Crippen LogP contribution in [0.2, 0.25) is 0 Å². The summed E-state index contributed by atoms with van der Waals surface area (Å²) < 4.78 is 10.8. The van der Waals surface area contributed by atoms with Crippen LogP contribution in [-0.4, -0.2) is 51.0 Å². The SMILES string of the molecule is CCCCOCCNC(=O)COC1(C)CNC1. The first kappa shape index (κ1) is 14.4. The third-order valence-electron chi connectivity index (χ3n) is 2.76. The quantitative estimate of drug-likeness (QED) is 0.573. The van der Waals surface area contributed by atoms with Crippen LogP contribution in [0.15, 0.2) is 0 Å². The number of nitrogens with one attached hydrogen (secondary N) is 2. The van der Waals surface area contributed by atoms with Crippen LogP contribution in [0.25, 0.3) is 0 Å². The van der Waals surface area contributed by atoms with E-state index in [9.17, 15) is 4.79 Å². The molecule has 0 radical (unpaired) electrons. The number of amides is 1. The van der Waals surface area contributed by atoms with Crippen molar-refractivity contribution in [3.63, 3.8) is 0 Å². The number of hydrogen-bond donors (Lipinski definition) is 2. The van der Waals surface area contributed by atoms with Crippen molar-refractivity contribution in [3.8, 4) is 0 Å².